The van der Waals surface area contributed by atoms with Crippen LogP contribution in [0.2, 0.25) is 0 Å². The molecule has 1 aromatic rings. The van der Waals surface area contributed by atoms with Crippen molar-refractivity contribution in [1.82, 2.24) is 0 Å². The van der Waals surface area contributed by atoms with Gasteiger partial charge in [0.15, 0.2) is 0 Å². The first-order chi connectivity index (χ1) is 9.63. The van der Waals surface area contributed by atoms with Crippen LogP contribution in [-0.4, -0.2) is 16.8 Å². The second kappa shape index (κ2) is 9.45. The Morgan fingerprint density at radius 2 is 2.05 bits per heavy atom. The van der Waals surface area contributed by atoms with Crippen LogP contribution in [0.5, 0.6) is 0 Å². The standard InChI is InChI=1S/C16H17ClO2S/c1-2-14(17)9-7-6-8-13(16(18)19)12-20-15-10-4-3-5-11-15/h2-5,7-11H,6,12H2,1H3,(H,18,19)/b9-7-,13-8+,14-2+. The average Bonchev–Trinajstić information content (AvgIpc) is 2.46. The van der Waals surface area contributed by atoms with Crippen molar-refractivity contribution in [2.24, 2.45) is 0 Å². The fourth-order valence-corrected chi connectivity index (χ4v) is 2.38. The summed E-state index contributed by atoms with van der Waals surface area (Å²) in [7, 11) is 0. The van der Waals surface area contributed by atoms with E-state index >= 15 is 0 Å². The molecule has 0 aromatic heterocycles. The molecule has 0 aliphatic rings. The predicted molar refractivity (Wildman–Crippen MR) is 86.3 cm³/mol. The second-order valence-corrected chi connectivity index (χ2v) is 5.43. The molecule has 1 rings (SSSR count). The summed E-state index contributed by atoms with van der Waals surface area (Å²) in [6.07, 6.45) is 7.67. The molecule has 0 fully saturated rings. The van der Waals surface area contributed by atoms with Crippen molar-refractivity contribution in [1.29, 1.82) is 0 Å². The molecule has 2 nitrogen and oxygen atoms in total. The van der Waals surface area contributed by atoms with Crippen molar-refractivity contribution in [3.63, 3.8) is 0 Å². The molecule has 1 N–H and O–H groups in total. The molecular weight excluding hydrogens is 292 g/mol. The minimum Gasteiger partial charge on any atom is -0.478 e. The van der Waals surface area contributed by atoms with Gasteiger partial charge in [-0.15, -0.1) is 11.8 Å². The first-order valence-electron chi connectivity index (χ1n) is 6.22. The highest BCUT2D eigenvalue weighted by atomic mass is 35.5. The zero-order valence-electron chi connectivity index (χ0n) is 11.3. The van der Waals surface area contributed by atoms with Crippen LogP contribution in [0, 0.1) is 0 Å². The van der Waals surface area contributed by atoms with E-state index in [-0.39, 0.29) is 0 Å². The summed E-state index contributed by atoms with van der Waals surface area (Å²) in [6, 6.07) is 9.75. The topological polar surface area (TPSA) is 37.3 Å². The summed E-state index contributed by atoms with van der Waals surface area (Å²) in [4.78, 5) is 12.2. The van der Waals surface area contributed by atoms with E-state index in [9.17, 15) is 4.79 Å². The maximum absolute atomic E-state index is 11.2. The third-order valence-corrected chi connectivity index (χ3v) is 3.87. The van der Waals surface area contributed by atoms with Crippen LogP contribution in [0.1, 0.15) is 13.3 Å². The van der Waals surface area contributed by atoms with E-state index in [1.54, 1.807) is 18.2 Å². The number of hydrogen-bond donors (Lipinski definition) is 1. The van der Waals surface area contributed by atoms with E-state index in [0.29, 0.717) is 22.8 Å². The Labute approximate surface area is 128 Å². The van der Waals surface area contributed by atoms with Crippen LogP contribution < -0.4 is 0 Å². The van der Waals surface area contributed by atoms with E-state index in [1.165, 1.54) is 11.8 Å². The van der Waals surface area contributed by atoms with Gasteiger partial charge in [0, 0.05) is 21.3 Å². The molecule has 0 aliphatic carbocycles. The fraction of sp³-hybridized carbons (Fsp3) is 0.188. The molecule has 0 spiro atoms. The van der Waals surface area contributed by atoms with Gasteiger partial charge in [0.2, 0.25) is 0 Å². The summed E-state index contributed by atoms with van der Waals surface area (Å²) in [5.41, 5.74) is 0.403. The van der Waals surface area contributed by atoms with Crippen molar-refractivity contribution in [2.75, 3.05) is 5.75 Å². The van der Waals surface area contributed by atoms with Crippen molar-refractivity contribution in [3.05, 3.63) is 65.2 Å². The lowest BCUT2D eigenvalue weighted by Crippen LogP contribution is -2.03. The van der Waals surface area contributed by atoms with Gasteiger partial charge in [0.05, 0.1) is 0 Å². The SMILES string of the molecule is C/C=C(Cl)\C=C/C/C=C(\CSc1ccccc1)C(=O)O. The Morgan fingerprint density at radius 1 is 1.35 bits per heavy atom. The number of halogens is 1. The Hall–Kier alpha value is -1.45. The van der Waals surface area contributed by atoms with Crippen molar-refractivity contribution < 1.29 is 9.90 Å². The summed E-state index contributed by atoms with van der Waals surface area (Å²) in [5, 5.41) is 9.81. The largest absolute Gasteiger partial charge is 0.478 e. The van der Waals surface area contributed by atoms with Crippen LogP contribution in [-0.2, 0) is 4.79 Å². The lowest BCUT2D eigenvalue weighted by Gasteiger charge is -2.02. The molecule has 20 heavy (non-hydrogen) atoms. The summed E-state index contributed by atoms with van der Waals surface area (Å²) in [5.74, 6) is -0.427. The predicted octanol–water partition coefficient (Wildman–Crippen LogP) is 4.88. The first kappa shape index (κ1) is 16.6. The molecule has 0 atom stereocenters. The number of benzene rings is 1. The highest BCUT2D eigenvalue weighted by Gasteiger charge is 2.06. The number of carboxylic acid groups (broad SMARTS) is 1. The van der Waals surface area contributed by atoms with E-state index in [1.807, 2.05) is 43.3 Å². The van der Waals surface area contributed by atoms with Gasteiger partial charge in [-0.1, -0.05) is 48.0 Å². The number of hydrogen-bond acceptors (Lipinski definition) is 2. The number of allylic oxidation sites excluding steroid dienone is 5. The average molecular weight is 309 g/mol. The lowest BCUT2D eigenvalue weighted by molar-refractivity contribution is -0.132. The molecule has 0 heterocycles. The van der Waals surface area contributed by atoms with Crippen LogP contribution in [0.4, 0.5) is 0 Å². The smallest absolute Gasteiger partial charge is 0.332 e. The normalized spacial score (nSPS) is 12.9. The fourth-order valence-electron chi connectivity index (χ4n) is 1.37. The van der Waals surface area contributed by atoms with Crippen LogP contribution >= 0.6 is 23.4 Å². The zero-order valence-corrected chi connectivity index (χ0v) is 12.8. The Kier molecular flexibility index (Phi) is 7.85. The first-order valence-corrected chi connectivity index (χ1v) is 7.58. The highest BCUT2D eigenvalue weighted by molar-refractivity contribution is 7.99. The van der Waals surface area contributed by atoms with Gasteiger partial charge in [-0.05, 0) is 31.6 Å². The Balaban J connectivity index is 2.56. The third-order valence-electron chi connectivity index (χ3n) is 2.47. The monoisotopic (exact) mass is 308 g/mol. The zero-order chi connectivity index (χ0) is 14.8. The number of rotatable bonds is 7. The molecule has 0 saturated heterocycles. The van der Waals surface area contributed by atoms with Gasteiger partial charge >= 0.3 is 5.97 Å². The molecule has 0 amide bonds. The van der Waals surface area contributed by atoms with Gasteiger partial charge in [-0.2, -0.15) is 0 Å². The van der Waals surface area contributed by atoms with Crippen LogP contribution in [0.15, 0.2) is 70.1 Å². The third kappa shape index (κ3) is 6.64. The second-order valence-electron chi connectivity index (χ2n) is 3.95. The molecule has 0 bridgehead atoms. The van der Waals surface area contributed by atoms with Crippen LogP contribution in [0.3, 0.4) is 0 Å². The minimum atomic E-state index is -0.876. The van der Waals surface area contributed by atoms with Crippen LogP contribution in [0.25, 0.3) is 0 Å². The van der Waals surface area contributed by atoms with Gasteiger partial charge in [-0.25, -0.2) is 4.79 Å². The number of carboxylic acids is 1. The van der Waals surface area contributed by atoms with Crippen molar-refractivity contribution in [3.8, 4) is 0 Å². The molecule has 0 unspecified atom stereocenters. The van der Waals surface area contributed by atoms with Gasteiger partial charge in [0.25, 0.3) is 0 Å². The maximum Gasteiger partial charge on any atom is 0.332 e. The Morgan fingerprint density at radius 3 is 2.65 bits per heavy atom. The minimum absolute atomic E-state index is 0.403. The summed E-state index contributed by atoms with van der Waals surface area (Å²) >= 11 is 7.33. The molecule has 0 saturated carbocycles. The van der Waals surface area contributed by atoms with E-state index in [2.05, 4.69) is 0 Å². The molecule has 1 aromatic carbocycles. The number of thioether (sulfide) groups is 1. The molecule has 0 radical (unpaired) electrons. The van der Waals surface area contributed by atoms with Crippen molar-refractivity contribution in [2.45, 2.75) is 18.2 Å². The quantitative estimate of drug-likeness (QED) is 0.443. The maximum atomic E-state index is 11.2. The van der Waals surface area contributed by atoms with E-state index < -0.39 is 5.97 Å². The van der Waals surface area contributed by atoms with Gasteiger partial charge in [-0.3, -0.25) is 0 Å². The number of carbonyl (C=O) groups is 1. The molecule has 106 valence electrons. The van der Waals surface area contributed by atoms with Gasteiger partial charge in [0.1, 0.15) is 0 Å². The number of aliphatic carboxylic acids is 1. The summed E-state index contributed by atoms with van der Waals surface area (Å²) in [6.45, 7) is 1.85. The van der Waals surface area contributed by atoms with Crippen molar-refractivity contribution >= 4 is 29.3 Å². The van der Waals surface area contributed by atoms with E-state index in [0.717, 1.165) is 4.90 Å². The van der Waals surface area contributed by atoms with Gasteiger partial charge < -0.3 is 5.11 Å². The van der Waals surface area contributed by atoms with E-state index in [4.69, 9.17) is 16.7 Å². The lowest BCUT2D eigenvalue weighted by atomic mass is 10.2. The Bertz CT molecular complexity index is 519. The molecule has 4 heteroatoms. The summed E-state index contributed by atoms with van der Waals surface area (Å²) < 4.78 is 0. The molecule has 0 aliphatic heterocycles. The highest BCUT2D eigenvalue weighted by Crippen LogP contribution is 2.20. The molecular formula is C16H17ClO2S.